The molecule has 5 heteroatoms. The second-order valence-corrected chi connectivity index (χ2v) is 10.8. The topological polar surface area (TPSA) is 61.8 Å². The van der Waals surface area contributed by atoms with Crippen molar-refractivity contribution in [2.24, 2.45) is 16.7 Å². The minimum absolute atomic E-state index is 0.0234. The SMILES string of the molecule is COCOC1CC2(CC=C(C)C)C(=O)C(C(=O)C(CC=C(C)C)=C2OC)C1(C)CCC=C(C)C. The van der Waals surface area contributed by atoms with Crippen molar-refractivity contribution in [2.75, 3.05) is 21.0 Å². The molecule has 190 valence electrons. The van der Waals surface area contributed by atoms with E-state index in [4.69, 9.17) is 14.2 Å². The maximum Gasteiger partial charge on any atom is 0.173 e. The number of Topliss-reactive ketones (excluding diaryl/α,β-unsaturated/α-hetero) is 2. The zero-order valence-electron chi connectivity index (χ0n) is 22.7. The molecule has 0 spiro atoms. The Kier molecular flexibility index (Phi) is 9.67. The summed E-state index contributed by atoms with van der Waals surface area (Å²) in [5.41, 5.74) is 2.56. The summed E-state index contributed by atoms with van der Waals surface area (Å²) in [6.45, 7) is 14.4. The number of hydrogen-bond donors (Lipinski definition) is 0. The van der Waals surface area contributed by atoms with Crippen LogP contribution in [0.3, 0.4) is 0 Å². The van der Waals surface area contributed by atoms with Crippen molar-refractivity contribution in [1.82, 2.24) is 0 Å². The normalized spacial score (nSPS) is 28.5. The Morgan fingerprint density at radius 3 is 2.12 bits per heavy atom. The van der Waals surface area contributed by atoms with Gasteiger partial charge in [0.05, 0.1) is 24.5 Å². The molecule has 0 aliphatic heterocycles. The van der Waals surface area contributed by atoms with Crippen molar-refractivity contribution < 1.29 is 23.8 Å². The molecule has 5 nitrogen and oxygen atoms in total. The maximum atomic E-state index is 14.3. The minimum atomic E-state index is -0.913. The van der Waals surface area contributed by atoms with Crippen LogP contribution in [0.25, 0.3) is 0 Å². The van der Waals surface area contributed by atoms with Gasteiger partial charge in [-0.15, -0.1) is 0 Å². The van der Waals surface area contributed by atoms with Crippen molar-refractivity contribution >= 4 is 11.6 Å². The van der Waals surface area contributed by atoms with Crippen LogP contribution in [-0.4, -0.2) is 38.7 Å². The third kappa shape index (κ3) is 5.63. The van der Waals surface area contributed by atoms with Gasteiger partial charge in [0.25, 0.3) is 0 Å². The smallest absolute Gasteiger partial charge is 0.173 e. The number of rotatable bonds is 11. The van der Waals surface area contributed by atoms with E-state index in [9.17, 15) is 9.59 Å². The highest BCUT2D eigenvalue weighted by atomic mass is 16.7. The van der Waals surface area contributed by atoms with Gasteiger partial charge in [0.15, 0.2) is 11.6 Å². The van der Waals surface area contributed by atoms with Crippen LogP contribution in [0.4, 0.5) is 0 Å². The monoisotopic (exact) mass is 472 g/mol. The summed E-state index contributed by atoms with van der Waals surface area (Å²) in [4.78, 5) is 28.3. The molecule has 1 fully saturated rings. The first-order valence-electron chi connectivity index (χ1n) is 12.3. The average molecular weight is 473 g/mol. The Bertz CT molecular complexity index is 893. The Labute approximate surface area is 206 Å². The van der Waals surface area contributed by atoms with E-state index in [1.165, 1.54) is 5.57 Å². The summed E-state index contributed by atoms with van der Waals surface area (Å²) in [6.07, 6.45) is 8.89. The molecule has 0 saturated heterocycles. The van der Waals surface area contributed by atoms with E-state index in [2.05, 4.69) is 26.0 Å². The van der Waals surface area contributed by atoms with Crippen LogP contribution < -0.4 is 0 Å². The molecular weight excluding hydrogens is 428 g/mol. The molecule has 0 heterocycles. The van der Waals surface area contributed by atoms with Gasteiger partial charge in [-0.1, -0.05) is 41.9 Å². The number of fused-ring (bicyclic) bond motifs is 2. The predicted octanol–water partition coefficient (Wildman–Crippen LogP) is 6.50. The van der Waals surface area contributed by atoms with Gasteiger partial charge in [-0.2, -0.15) is 0 Å². The average Bonchev–Trinajstić information content (AvgIpc) is 2.74. The van der Waals surface area contributed by atoms with Crippen LogP contribution in [0.5, 0.6) is 0 Å². The molecule has 4 unspecified atom stereocenters. The number of carbonyl (C=O) groups excluding carboxylic acids is 2. The first-order chi connectivity index (χ1) is 15.9. The number of hydrogen-bond acceptors (Lipinski definition) is 5. The minimum Gasteiger partial charge on any atom is -0.500 e. The summed E-state index contributed by atoms with van der Waals surface area (Å²) in [6, 6.07) is 0. The van der Waals surface area contributed by atoms with E-state index in [1.807, 2.05) is 40.7 Å². The zero-order chi connectivity index (χ0) is 25.7. The van der Waals surface area contributed by atoms with Gasteiger partial charge in [-0.3, -0.25) is 9.59 Å². The predicted molar refractivity (Wildman–Crippen MR) is 136 cm³/mol. The molecule has 4 atom stereocenters. The molecular formula is C29H44O5. The van der Waals surface area contributed by atoms with Crippen LogP contribution >= 0.6 is 0 Å². The van der Waals surface area contributed by atoms with Gasteiger partial charge >= 0.3 is 0 Å². The maximum absolute atomic E-state index is 14.3. The lowest BCUT2D eigenvalue weighted by atomic mass is 9.49. The van der Waals surface area contributed by atoms with Gasteiger partial charge in [0.2, 0.25) is 0 Å². The fourth-order valence-electron chi connectivity index (χ4n) is 5.46. The molecule has 2 aliphatic rings. The van der Waals surface area contributed by atoms with Gasteiger partial charge in [0, 0.05) is 18.1 Å². The summed E-state index contributed by atoms with van der Waals surface area (Å²) >= 11 is 0. The zero-order valence-corrected chi connectivity index (χ0v) is 22.7. The van der Waals surface area contributed by atoms with E-state index >= 15 is 0 Å². The number of ether oxygens (including phenoxy) is 3. The molecule has 0 amide bonds. The lowest BCUT2D eigenvalue weighted by Crippen LogP contribution is -2.62. The number of carbonyl (C=O) groups is 2. The van der Waals surface area contributed by atoms with Crippen LogP contribution in [0.15, 0.2) is 46.3 Å². The first-order valence-corrected chi connectivity index (χ1v) is 12.3. The van der Waals surface area contributed by atoms with E-state index in [1.54, 1.807) is 14.2 Å². The van der Waals surface area contributed by atoms with Gasteiger partial charge < -0.3 is 14.2 Å². The number of ketones is 2. The van der Waals surface area contributed by atoms with Crippen molar-refractivity contribution in [3.05, 3.63) is 46.3 Å². The van der Waals surface area contributed by atoms with Gasteiger partial charge in [0.1, 0.15) is 12.6 Å². The fraction of sp³-hybridized carbons (Fsp3) is 0.655. The Hall–Kier alpha value is -1.98. The quantitative estimate of drug-likeness (QED) is 0.195. The van der Waals surface area contributed by atoms with Crippen LogP contribution in [0, 0.1) is 16.7 Å². The molecule has 1 saturated carbocycles. The lowest BCUT2D eigenvalue weighted by Gasteiger charge is -2.55. The van der Waals surface area contributed by atoms with Crippen molar-refractivity contribution in [3.63, 3.8) is 0 Å². The molecule has 0 aromatic heterocycles. The van der Waals surface area contributed by atoms with E-state index in [0.29, 0.717) is 37.0 Å². The van der Waals surface area contributed by atoms with Crippen molar-refractivity contribution in [2.45, 2.75) is 86.7 Å². The molecule has 0 aromatic rings. The fourth-order valence-corrected chi connectivity index (χ4v) is 5.46. The van der Waals surface area contributed by atoms with E-state index in [-0.39, 0.29) is 24.5 Å². The van der Waals surface area contributed by atoms with Crippen LogP contribution in [-0.2, 0) is 23.8 Å². The van der Waals surface area contributed by atoms with Crippen LogP contribution in [0.1, 0.15) is 80.6 Å². The summed E-state index contributed by atoms with van der Waals surface area (Å²) in [5, 5.41) is 0. The molecule has 2 rings (SSSR count). The third-order valence-electron chi connectivity index (χ3n) is 7.33. The third-order valence-corrected chi connectivity index (χ3v) is 7.33. The molecule has 0 N–H and O–H groups in total. The molecule has 0 aromatic carbocycles. The van der Waals surface area contributed by atoms with E-state index < -0.39 is 16.7 Å². The van der Waals surface area contributed by atoms with Crippen molar-refractivity contribution in [3.8, 4) is 0 Å². The van der Waals surface area contributed by atoms with Crippen molar-refractivity contribution in [1.29, 1.82) is 0 Å². The Morgan fingerprint density at radius 2 is 1.59 bits per heavy atom. The number of allylic oxidation sites excluding steroid dienone is 8. The standard InChI is InChI=1S/C29H44O5/c1-19(2)11-10-15-28(7)23(34-18-32-8)17-29(16-14-21(5)6)26(31)24(28)25(30)22(27(29)33-9)13-12-20(3)4/h11-12,14,23-24H,10,13,15-18H2,1-9H3. The molecule has 0 radical (unpaired) electrons. The van der Waals surface area contributed by atoms with Gasteiger partial charge in [-0.05, 0) is 73.6 Å². The Balaban J connectivity index is 2.76. The lowest BCUT2D eigenvalue weighted by molar-refractivity contribution is -0.185. The Morgan fingerprint density at radius 1 is 0.971 bits per heavy atom. The highest BCUT2D eigenvalue weighted by Crippen LogP contribution is 2.59. The highest BCUT2D eigenvalue weighted by Gasteiger charge is 2.65. The summed E-state index contributed by atoms with van der Waals surface area (Å²) in [5.74, 6) is -0.382. The second kappa shape index (κ2) is 11.6. The summed E-state index contributed by atoms with van der Waals surface area (Å²) < 4.78 is 17.4. The largest absolute Gasteiger partial charge is 0.500 e. The van der Waals surface area contributed by atoms with E-state index in [0.717, 1.165) is 17.6 Å². The first kappa shape index (κ1) is 28.3. The van der Waals surface area contributed by atoms with Gasteiger partial charge in [-0.25, -0.2) is 0 Å². The number of methoxy groups -OCH3 is 2. The highest BCUT2D eigenvalue weighted by molar-refractivity contribution is 6.17. The van der Waals surface area contributed by atoms with Crippen LogP contribution in [0.2, 0.25) is 0 Å². The molecule has 34 heavy (non-hydrogen) atoms. The summed E-state index contributed by atoms with van der Waals surface area (Å²) in [7, 11) is 3.17. The molecule has 2 aliphatic carbocycles. The second-order valence-electron chi connectivity index (χ2n) is 10.8. The molecule has 2 bridgehead atoms.